The Morgan fingerprint density at radius 2 is 2.00 bits per heavy atom. The number of nitrogen functional groups attached to an aromatic ring is 1. The van der Waals surface area contributed by atoms with Gasteiger partial charge >= 0.3 is 6.18 Å². The number of amides is 1. The second-order valence-corrected chi connectivity index (χ2v) is 8.54. The first-order valence-corrected chi connectivity index (χ1v) is 10.8. The molecule has 174 valence electrons. The van der Waals surface area contributed by atoms with Gasteiger partial charge in [0.2, 0.25) is 0 Å². The Labute approximate surface area is 189 Å². The van der Waals surface area contributed by atoms with Gasteiger partial charge in [0.05, 0.1) is 29.4 Å². The van der Waals surface area contributed by atoms with Gasteiger partial charge in [0.1, 0.15) is 5.82 Å². The first-order valence-electron chi connectivity index (χ1n) is 10.8. The van der Waals surface area contributed by atoms with Gasteiger partial charge in [0.15, 0.2) is 0 Å². The van der Waals surface area contributed by atoms with Gasteiger partial charge in [-0.1, -0.05) is 0 Å². The molecule has 0 saturated heterocycles. The number of nitrogens with two attached hydrogens (primary N) is 1. The van der Waals surface area contributed by atoms with Gasteiger partial charge in [-0.25, -0.2) is 4.98 Å². The van der Waals surface area contributed by atoms with Crippen molar-refractivity contribution in [3.63, 3.8) is 0 Å². The largest absolute Gasteiger partial charge is 0.417 e. The van der Waals surface area contributed by atoms with E-state index in [1.54, 1.807) is 23.1 Å². The summed E-state index contributed by atoms with van der Waals surface area (Å²) in [5.41, 5.74) is 7.28. The summed E-state index contributed by atoms with van der Waals surface area (Å²) in [6.07, 6.45) is -1.68. The van der Waals surface area contributed by atoms with Gasteiger partial charge < -0.3 is 15.7 Å². The number of aliphatic hydroxyl groups excluding tert-OH is 1. The average Bonchev–Trinajstić information content (AvgIpc) is 2.77. The summed E-state index contributed by atoms with van der Waals surface area (Å²) in [5, 5.41) is 10.9. The average molecular weight is 458 g/mol. The number of aryl methyl sites for hydroxylation is 1. The molecule has 0 radical (unpaired) electrons. The van der Waals surface area contributed by atoms with Crippen molar-refractivity contribution in [2.75, 3.05) is 5.73 Å². The monoisotopic (exact) mass is 458 g/mol. The summed E-state index contributed by atoms with van der Waals surface area (Å²) in [7, 11) is 0. The number of carbonyl (C=O) groups excluding carboxylic acids is 1. The van der Waals surface area contributed by atoms with E-state index in [2.05, 4.69) is 9.97 Å². The fourth-order valence-electron chi connectivity index (χ4n) is 4.24. The Bertz CT molecular complexity index is 1160. The van der Waals surface area contributed by atoms with E-state index in [1.807, 2.05) is 13.0 Å². The first kappa shape index (κ1) is 23.0. The Balaban J connectivity index is 1.66. The van der Waals surface area contributed by atoms with Crippen LogP contribution in [0.1, 0.15) is 52.9 Å². The van der Waals surface area contributed by atoms with Crippen LogP contribution in [0.4, 0.5) is 19.0 Å². The molecule has 33 heavy (non-hydrogen) atoms. The normalized spacial score (nSPS) is 18.9. The molecule has 1 aliphatic rings. The highest BCUT2D eigenvalue weighted by atomic mass is 19.4. The first-order chi connectivity index (χ1) is 15.6. The fraction of sp³-hybridized carbons (Fsp3) is 0.375. The van der Waals surface area contributed by atoms with Crippen LogP contribution in [-0.2, 0) is 12.7 Å². The van der Waals surface area contributed by atoms with E-state index in [9.17, 15) is 23.1 Å². The maximum absolute atomic E-state index is 13.6. The molecule has 2 atom stereocenters. The summed E-state index contributed by atoms with van der Waals surface area (Å²) < 4.78 is 38.7. The van der Waals surface area contributed by atoms with E-state index in [4.69, 9.17) is 5.73 Å². The molecule has 1 aromatic carbocycles. The zero-order valence-corrected chi connectivity index (χ0v) is 18.1. The summed E-state index contributed by atoms with van der Waals surface area (Å²) in [5.74, 6) is 0.153. The molecule has 1 aliphatic carbocycles. The lowest BCUT2D eigenvalue weighted by atomic mass is 9.91. The van der Waals surface area contributed by atoms with Crippen LogP contribution in [0.15, 0.2) is 42.6 Å². The molecule has 9 heteroatoms. The van der Waals surface area contributed by atoms with Crippen LogP contribution in [-0.4, -0.2) is 38.0 Å². The molecule has 4 rings (SSSR count). The number of rotatable bonds is 4. The molecule has 0 aliphatic heterocycles. The lowest BCUT2D eigenvalue weighted by Gasteiger charge is -2.36. The van der Waals surface area contributed by atoms with Crippen LogP contribution < -0.4 is 5.73 Å². The second kappa shape index (κ2) is 8.97. The minimum Gasteiger partial charge on any atom is -0.393 e. The minimum absolute atomic E-state index is 0.0470. The summed E-state index contributed by atoms with van der Waals surface area (Å²) >= 11 is 0. The molecule has 1 amide bonds. The van der Waals surface area contributed by atoms with Crippen molar-refractivity contribution in [1.29, 1.82) is 0 Å². The quantitative estimate of drug-likeness (QED) is 0.601. The Kier molecular flexibility index (Phi) is 6.25. The molecular formula is C24H25F3N4O2. The third kappa shape index (κ3) is 5.08. The smallest absolute Gasteiger partial charge is 0.393 e. The molecule has 6 nitrogen and oxygen atoms in total. The number of carbonyl (C=O) groups is 1. The summed E-state index contributed by atoms with van der Waals surface area (Å²) in [4.78, 5) is 23.5. The van der Waals surface area contributed by atoms with Crippen LogP contribution in [0.2, 0.25) is 0 Å². The van der Waals surface area contributed by atoms with Gasteiger partial charge in [-0.15, -0.1) is 0 Å². The van der Waals surface area contributed by atoms with Crippen molar-refractivity contribution in [1.82, 2.24) is 14.9 Å². The number of alkyl halides is 3. The lowest BCUT2D eigenvalue weighted by Crippen LogP contribution is -2.43. The minimum atomic E-state index is -4.48. The predicted molar refractivity (Wildman–Crippen MR) is 118 cm³/mol. The van der Waals surface area contributed by atoms with E-state index >= 15 is 0 Å². The van der Waals surface area contributed by atoms with Crippen LogP contribution in [0.5, 0.6) is 0 Å². The maximum atomic E-state index is 13.6. The molecule has 0 bridgehead atoms. The molecule has 2 heterocycles. The Morgan fingerprint density at radius 1 is 1.21 bits per heavy atom. The lowest BCUT2D eigenvalue weighted by molar-refractivity contribution is -0.137. The summed E-state index contributed by atoms with van der Waals surface area (Å²) in [6, 6.07) is 9.01. The van der Waals surface area contributed by atoms with Gasteiger partial charge in [-0.05, 0) is 74.6 Å². The van der Waals surface area contributed by atoms with E-state index in [0.29, 0.717) is 41.9 Å². The van der Waals surface area contributed by atoms with E-state index in [-0.39, 0.29) is 18.5 Å². The highest BCUT2D eigenvalue weighted by Crippen LogP contribution is 2.30. The zero-order valence-electron chi connectivity index (χ0n) is 18.1. The van der Waals surface area contributed by atoms with Gasteiger partial charge in [-0.3, -0.25) is 9.78 Å². The van der Waals surface area contributed by atoms with Crippen molar-refractivity contribution < 1.29 is 23.1 Å². The number of hydrogen-bond donors (Lipinski definition) is 2. The third-order valence-corrected chi connectivity index (χ3v) is 6.10. The van der Waals surface area contributed by atoms with Crippen molar-refractivity contribution in [2.24, 2.45) is 0 Å². The van der Waals surface area contributed by atoms with E-state index < -0.39 is 17.8 Å². The molecule has 1 saturated carbocycles. The molecule has 1 fully saturated rings. The Hall–Kier alpha value is -3.20. The van der Waals surface area contributed by atoms with Crippen molar-refractivity contribution in [3.8, 4) is 0 Å². The number of fused-ring (bicyclic) bond motifs is 1. The highest BCUT2D eigenvalue weighted by molar-refractivity contribution is 5.98. The van der Waals surface area contributed by atoms with Crippen molar-refractivity contribution >= 4 is 22.6 Å². The summed E-state index contributed by atoms with van der Waals surface area (Å²) in [6.45, 7) is 1.88. The van der Waals surface area contributed by atoms with Gasteiger partial charge in [0, 0.05) is 23.2 Å². The molecule has 0 spiro atoms. The molecule has 3 N–H and O–H groups in total. The number of anilines is 1. The van der Waals surface area contributed by atoms with Gasteiger partial charge in [0.25, 0.3) is 5.91 Å². The molecule has 3 aromatic rings. The SMILES string of the molecule is Cc1cc2cc(C(=O)N(Cc3ccc(C(F)(F)F)cn3)C3CCCC(O)C3)ccc2nc1N. The van der Waals surface area contributed by atoms with Crippen LogP contribution in [0.3, 0.4) is 0 Å². The van der Waals surface area contributed by atoms with Crippen molar-refractivity contribution in [2.45, 2.75) is 57.5 Å². The van der Waals surface area contributed by atoms with E-state index in [0.717, 1.165) is 29.6 Å². The Morgan fingerprint density at radius 3 is 2.67 bits per heavy atom. The number of pyridine rings is 2. The second-order valence-electron chi connectivity index (χ2n) is 8.54. The van der Waals surface area contributed by atoms with Crippen molar-refractivity contribution in [3.05, 3.63) is 65.0 Å². The molecule has 2 aromatic heterocycles. The maximum Gasteiger partial charge on any atom is 0.417 e. The zero-order chi connectivity index (χ0) is 23.8. The fourth-order valence-corrected chi connectivity index (χ4v) is 4.24. The number of halogens is 3. The van der Waals surface area contributed by atoms with Crippen LogP contribution in [0.25, 0.3) is 10.9 Å². The van der Waals surface area contributed by atoms with E-state index in [1.165, 1.54) is 6.07 Å². The molecular weight excluding hydrogens is 433 g/mol. The molecule has 2 unspecified atom stereocenters. The number of aromatic nitrogens is 2. The third-order valence-electron chi connectivity index (χ3n) is 6.10. The standard InChI is InChI=1S/C24H25F3N4O2/c1-14-9-16-10-15(5-8-21(16)30-22(14)28)23(33)31(19-3-2-4-20(32)11-19)13-18-7-6-17(12-29-18)24(25,26)27/h5-10,12,19-20,32H,2-4,11,13H2,1H3,(H2,28,30). The van der Waals surface area contributed by atoms with Gasteiger partial charge in [-0.2, -0.15) is 13.2 Å². The predicted octanol–water partition coefficient (Wildman–Crippen LogP) is 4.49. The number of benzene rings is 1. The number of aliphatic hydroxyl groups is 1. The highest BCUT2D eigenvalue weighted by Gasteiger charge is 2.32. The topological polar surface area (TPSA) is 92.3 Å². The van der Waals surface area contributed by atoms with Crippen LogP contribution in [0, 0.1) is 6.92 Å². The number of nitrogens with zero attached hydrogens (tertiary/aromatic N) is 3. The number of hydrogen-bond acceptors (Lipinski definition) is 5. The van der Waals surface area contributed by atoms with Crippen LogP contribution >= 0.6 is 0 Å².